The molecule has 6 heteroatoms. The van der Waals surface area contributed by atoms with Gasteiger partial charge in [0.2, 0.25) is 5.91 Å². The molecule has 21 heavy (non-hydrogen) atoms. The van der Waals surface area contributed by atoms with Crippen molar-refractivity contribution in [3.8, 4) is 0 Å². The van der Waals surface area contributed by atoms with Gasteiger partial charge in [-0.3, -0.25) is 9.69 Å². The van der Waals surface area contributed by atoms with Crippen molar-refractivity contribution in [2.45, 2.75) is 38.0 Å². The van der Waals surface area contributed by atoms with Crippen LogP contribution in [-0.2, 0) is 9.53 Å². The maximum atomic E-state index is 13.0. The van der Waals surface area contributed by atoms with Crippen molar-refractivity contribution in [3.63, 3.8) is 0 Å². The zero-order chi connectivity index (χ0) is 15.0. The fourth-order valence-electron chi connectivity index (χ4n) is 3.01. The molecule has 2 saturated heterocycles. The minimum absolute atomic E-state index is 0.130. The number of benzene rings is 1. The van der Waals surface area contributed by atoms with Crippen LogP contribution in [0.2, 0.25) is 0 Å². The zero-order valence-electron chi connectivity index (χ0n) is 12.0. The van der Waals surface area contributed by atoms with Crippen molar-refractivity contribution in [3.05, 3.63) is 24.0 Å². The van der Waals surface area contributed by atoms with Crippen LogP contribution in [0.5, 0.6) is 0 Å². The second-order valence-corrected chi connectivity index (χ2v) is 5.81. The predicted molar refractivity (Wildman–Crippen MR) is 78.4 cm³/mol. The van der Waals surface area contributed by atoms with Crippen molar-refractivity contribution < 1.29 is 13.9 Å². The van der Waals surface area contributed by atoms with E-state index in [1.807, 2.05) is 6.92 Å². The highest BCUT2D eigenvalue weighted by Gasteiger charge is 2.37. The number of morpholine rings is 1. The molecule has 1 amide bonds. The lowest BCUT2D eigenvalue weighted by molar-refractivity contribution is -0.124. The van der Waals surface area contributed by atoms with Gasteiger partial charge in [0.25, 0.3) is 0 Å². The third-order valence-corrected chi connectivity index (χ3v) is 4.27. The van der Waals surface area contributed by atoms with E-state index < -0.39 is 5.82 Å². The second kappa shape index (κ2) is 5.61. The predicted octanol–water partition coefficient (Wildman–Crippen LogP) is 1.60. The molecular formula is C15H20FN3O2. The Morgan fingerprint density at radius 1 is 1.43 bits per heavy atom. The third kappa shape index (κ3) is 3.01. The van der Waals surface area contributed by atoms with E-state index in [2.05, 4.69) is 10.2 Å². The molecule has 2 fully saturated rings. The highest BCUT2D eigenvalue weighted by molar-refractivity contribution is 5.97. The van der Waals surface area contributed by atoms with E-state index in [4.69, 9.17) is 10.5 Å². The SMILES string of the molecule is CC(C(=O)Nc1ccc(F)cc1N)N1CC2CCC(C1)O2. The van der Waals surface area contributed by atoms with Gasteiger partial charge in [-0.15, -0.1) is 0 Å². The second-order valence-electron chi connectivity index (χ2n) is 5.81. The number of hydrogen-bond acceptors (Lipinski definition) is 4. The van der Waals surface area contributed by atoms with Crippen LogP contribution in [0.3, 0.4) is 0 Å². The number of carbonyl (C=O) groups is 1. The molecule has 2 aliphatic rings. The normalized spacial score (nSPS) is 26.6. The quantitative estimate of drug-likeness (QED) is 0.831. The first-order chi connectivity index (χ1) is 10.0. The number of nitrogens with two attached hydrogens (primary N) is 1. The number of likely N-dealkylation sites (tertiary alicyclic amines) is 1. The molecule has 3 N–H and O–H groups in total. The van der Waals surface area contributed by atoms with Crippen molar-refractivity contribution in [2.75, 3.05) is 24.1 Å². The lowest BCUT2D eigenvalue weighted by Gasteiger charge is -2.35. The molecule has 0 saturated carbocycles. The molecule has 0 spiro atoms. The summed E-state index contributed by atoms with van der Waals surface area (Å²) in [5.74, 6) is -0.544. The number of rotatable bonds is 3. The Bertz CT molecular complexity index is 540. The van der Waals surface area contributed by atoms with Crippen LogP contribution >= 0.6 is 0 Å². The lowest BCUT2D eigenvalue weighted by Crippen LogP contribution is -2.51. The molecule has 3 unspecified atom stereocenters. The summed E-state index contributed by atoms with van der Waals surface area (Å²) >= 11 is 0. The number of anilines is 2. The van der Waals surface area contributed by atoms with E-state index in [1.165, 1.54) is 18.2 Å². The molecule has 3 rings (SSSR count). The zero-order valence-corrected chi connectivity index (χ0v) is 12.0. The van der Waals surface area contributed by atoms with Crippen molar-refractivity contribution in [2.24, 2.45) is 0 Å². The van der Waals surface area contributed by atoms with Crippen LogP contribution in [0, 0.1) is 5.82 Å². The number of fused-ring (bicyclic) bond motifs is 2. The highest BCUT2D eigenvalue weighted by atomic mass is 19.1. The Labute approximate surface area is 123 Å². The molecule has 2 bridgehead atoms. The summed E-state index contributed by atoms with van der Waals surface area (Å²) in [6.45, 7) is 3.44. The number of nitrogens with one attached hydrogen (secondary N) is 1. The monoisotopic (exact) mass is 293 g/mol. The first kappa shape index (κ1) is 14.3. The Kier molecular flexibility index (Phi) is 3.82. The maximum Gasteiger partial charge on any atom is 0.241 e. The first-order valence-corrected chi connectivity index (χ1v) is 7.28. The van der Waals surface area contributed by atoms with E-state index >= 15 is 0 Å². The van der Waals surface area contributed by atoms with Crippen LogP contribution in [0.1, 0.15) is 19.8 Å². The van der Waals surface area contributed by atoms with E-state index in [1.54, 1.807) is 0 Å². The first-order valence-electron chi connectivity index (χ1n) is 7.28. The van der Waals surface area contributed by atoms with E-state index in [0.29, 0.717) is 5.69 Å². The number of hydrogen-bond donors (Lipinski definition) is 2. The molecule has 114 valence electrons. The van der Waals surface area contributed by atoms with Crippen molar-refractivity contribution >= 4 is 17.3 Å². The summed E-state index contributed by atoms with van der Waals surface area (Å²) < 4.78 is 18.8. The van der Waals surface area contributed by atoms with Gasteiger partial charge in [0.15, 0.2) is 0 Å². The van der Waals surface area contributed by atoms with Crippen LogP contribution in [0.4, 0.5) is 15.8 Å². The Morgan fingerprint density at radius 3 is 2.71 bits per heavy atom. The molecule has 3 atom stereocenters. The van der Waals surface area contributed by atoms with Crippen LogP contribution < -0.4 is 11.1 Å². The van der Waals surface area contributed by atoms with Gasteiger partial charge >= 0.3 is 0 Å². The van der Waals surface area contributed by atoms with E-state index in [0.717, 1.165) is 25.9 Å². The average molecular weight is 293 g/mol. The van der Waals surface area contributed by atoms with Gasteiger partial charge < -0.3 is 15.8 Å². The topological polar surface area (TPSA) is 67.6 Å². The van der Waals surface area contributed by atoms with Crippen LogP contribution in [-0.4, -0.2) is 42.1 Å². The Balaban J connectivity index is 1.64. The highest BCUT2D eigenvalue weighted by Crippen LogP contribution is 2.28. The molecule has 1 aromatic carbocycles. The fourth-order valence-corrected chi connectivity index (χ4v) is 3.01. The largest absolute Gasteiger partial charge is 0.397 e. The number of amides is 1. The smallest absolute Gasteiger partial charge is 0.241 e. The van der Waals surface area contributed by atoms with E-state index in [9.17, 15) is 9.18 Å². The average Bonchev–Trinajstić information content (AvgIpc) is 2.79. The number of nitrogen functional groups attached to an aromatic ring is 1. The summed E-state index contributed by atoms with van der Waals surface area (Å²) in [5, 5.41) is 2.77. The standard InChI is InChI=1S/C15H20FN3O2/c1-9(19-7-11-3-4-12(8-19)21-11)15(20)18-14-5-2-10(16)6-13(14)17/h2,5-6,9,11-12H,3-4,7-8,17H2,1H3,(H,18,20). The van der Waals surface area contributed by atoms with Crippen LogP contribution in [0.25, 0.3) is 0 Å². The van der Waals surface area contributed by atoms with Gasteiger partial charge in [-0.2, -0.15) is 0 Å². The van der Waals surface area contributed by atoms with Gasteiger partial charge in [-0.1, -0.05) is 0 Å². The number of halogens is 1. The molecule has 5 nitrogen and oxygen atoms in total. The number of ether oxygens (including phenoxy) is 1. The number of nitrogens with zero attached hydrogens (tertiary/aromatic N) is 1. The molecule has 2 aliphatic heterocycles. The summed E-state index contributed by atoms with van der Waals surface area (Å²) in [6, 6.07) is 3.71. The van der Waals surface area contributed by atoms with Gasteiger partial charge in [-0.05, 0) is 38.0 Å². The Hall–Kier alpha value is -1.66. The molecule has 0 aliphatic carbocycles. The van der Waals surface area contributed by atoms with Crippen molar-refractivity contribution in [1.29, 1.82) is 0 Å². The molecule has 0 radical (unpaired) electrons. The van der Waals surface area contributed by atoms with Gasteiger partial charge in [0.05, 0.1) is 29.6 Å². The van der Waals surface area contributed by atoms with Gasteiger partial charge in [0.1, 0.15) is 5.82 Å². The fraction of sp³-hybridized carbons (Fsp3) is 0.533. The molecule has 2 heterocycles. The third-order valence-electron chi connectivity index (χ3n) is 4.27. The summed E-state index contributed by atoms with van der Waals surface area (Å²) in [4.78, 5) is 14.5. The molecular weight excluding hydrogens is 273 g/mol. The Morgan fingerprint density at radius 2 is 2.10 bits per heavy atom. The summed E-state index contributed by atoms with van der Waals surface area (Å²) in [5.41, 5.74) is 6.40. The minimum Gasteiger partial charge on any atom is -0.397 e. The number of carbonyl (C=O) groups excluding carboxylic acids is 1. The van der Waals surface area contributed by atoms with Gasteiger partial charge in [-0.25, -0.2) is 4.39 Å². The lowest BCUT2D eigenvalue weighted by atomic mass is 10.2. The minimum atomic E-state index is -0.414. The van der Waals surface area contributed by atoms with Crippen LogP contribution in [0.15, 0.2) is 18.2 Å². The molecule has 0 aromatic heterocycles. The van der Waals surface area contributed by atoms with Gasteiger partial charge in [0, 0.05) is 13.1 Å². The molecule has 1 aromatic rings. The van der Waals surface area contributed by atoms with Crippen molar-refractivity contribution in [1.82, 2.24) is 4.90 Å². The summed E-state index contributed by atoms with van der Waals surface area (Å²) in [7, 11) is 0. The van der Waals surface area contributed by atoms with E-state index in [-0.39, 0.29) is 29.8 Å². The maximum absolute atomic E-state index is 13.0. The summed E-state index contributed by atoms with van der Waals surface area (Å²) in [6.07, 6.45) is 2.63.